The van der Waals surface area contributed by atoms with Gasteiger partial charge < -0.3 is 14.8 Å². The lowest BCUT2D eigenvalue weighted by Gasteiger charge is -2.21. The van der Waals surface area contributed by atoms with Crippen molar-refractivity contribution in [3.8, 4) is 11.5 Å². The van der Waals surface area contributed by atoms with Crippen LogP contribution >= 0.6 is 23.4 Å². The average Bonchev–Trinajstić information content (AvgIpc) is 2.63. The second kappa shape index (κ2) is 8.50. The van der Waals surface area contributed by atoms with Crippen molar-refractivity contribution in [2.24, 2.45) is 0 Å². The van der Waals surface area contributed by atoms with Crippen molar-refractivity contribution in [2.45, 2.75) is 18.7 Å². The van der Waals surface area contributed by atoms with Crippen molar-refractivity contribution >= 4 is 29.3 Å². The van der Waals surface area contributed by atoms with Gasteiger partial charge in [-0.05, 0) is 42.3 Å². The third-order valence-corrected chi connectivity index (χ3v) is 5.11. The van der Waals surface area contributed by atoms with Gasteiger partial charge in [0.2, 0.25) is 5.91 Å². The van der Waals surface area contributed by atoms with Gasteiger partial charge in [0.25, 0.3) is 0 Å². The molecule has 2 aromatic rings. The molecule has 132 valence electrons. The van der Waals surface area contributed by atoms with Gasteiger partial charge in [0.1, 0.15) is 13.2 Å². The number of hydrogen-bond acceptors (Lipinski definition) is 4. The molecule has 0 aliphatic carbocycles. The third kappa shape index (κ3) is 5.06. The van der Waals surface area contributed by atoms with E-state index >= 15 is 0 Å². The monoisotopic (exact) mass is 377 g/mol. The summed E-state index contributed by atoms with van der Waals surface area (Å²) in [6.07, 6.45) is 0. The van der Waals surface area contributed by atoms with Gasteiger partial charge in [-0.15, -0.1) is 11.8 Å². The van der Waals surface area contributed by atoms with Crippen LogP contribution in [0.5, 0.6) is 11.5 Å². The molecular weight excluding hydrogens is 358 g/mol. The van der Waals surface area contributed by atoms with Gasteiger partial charge in [0.15, 0.2) is 11.5 Å². The number of nitrogens with one attached hydrogen (secondary N) is 1. The summed E-state index contributed by atoms with van der Waals surface area (Å²) in [6, 6.07) is 13.4. The summed E-state index contributed by atoms with van der Waals surface area (Å²) >= 11 is 7.45. The summed E-state index contributed by atoms with van der Waals surface area (Å²) in [5.41, 5.74) is 2.15. The zero-order valence-corrected chi connectivity index (χ0v) is 15.5. The summed E-state index contributed by atoms with van der Waals surface area (Å²) in [6.45, 7) is 3.09. The van der Waals surface area contributed by atoms with Crippen molar-refractivity contribution in [3.05, 3.63) is 58.6 Å². The summed E-state index contributed by atoms with van der Waals surface area (Å²) in [5, 5.41) is 3.74. The van der Waals surface area contributed by atoms with Gasteiger partial charge in [-0.25, -0.2) is 0 Å². The SMILES string of the molecule is C[C@@H](NC(=O)CSCc1ccc(Cl)cc1)c1ccc2c(c1)OCCO2. The Kier molecular flexibility index (Phi) is 6.10. The lowest BCUT2D eigenvalue weighted by molar-refractivity contribution is -0.119. The van der Waals surface area contributed by atoms with Gasteiger partial charge in [-0.2, -0.15) is 0 Å². The molecule has 0 unspecified atom stereocenters. The van der Waals surface area contributed by atoms with E-state index < -0.39 is 0 Å². The molecule has 1 heterocycles. The molecule has 0 bridgehead atoms. The van der Waals surface area contributed by atoms with Crippen LogP contribution in [0.4, 0.5) is 0 Å². The summed E-state index contributed by atoms with van der Waals surface area (Å²) in [4.78, 5) is 12.2. The molecule has 25 heavy (non-hydrogen) atoms. The van der Waals surface area contributed by atoms with Crippen LogP contribution in [-0.2, 0) is 10.5 Å². The van der Waals surface area contributed by atoms with Crippen LogP contribution in [0.3, 0.4) is 0 Å². The van der Waals surface area contributed by atoms with E-state index in [4.69, 9.17) is 21.1 Å². The molecule has 0 fully saturated rings. The Bertz CT molecular complexity index is 736. The fourth-order valence-electron chi connectivity index (χ4n) is 2.54. The van der Waals surface area contributed by atoms with Crippen LogP contribution in [0.1, 0.15) is 24.1 Å². The minimum absolute atomic E-state index is 0.0151. The van der Waals surface area contributed by atoms with E-state index in [9.17, 15) is 4.79 Å². The Balaban J connectivity index is 1.48. The van der Waals surface area contributed by atoms with Crippen LogP contribution in [0.15, 0.2) is 42.5 Å². The molecule has 0 saturated heterocycles. The molecular formula is C19H20ClNO3S. The predicted molar refractivity (Wildman–Crippen MR) is 102 cm³/mol. The van der Waals surface area contributed by atoms with Gasteiger partial charge in [-0.1, -0.05) is 29.8 Å². The first-order valence-electron chi connectivity index (χ1n) is 8.13. The van der Waals surface area contributed by atoms with Gasteiger partial charge in [-0.3, -0.25) is 4.79 Å². The van der Waals surface area contributed by atoms with Crippen LogP contribution < -0.4 is 14.8 Å². The number of hydrogen-bond donors (Lipinski definition) is 1. The topological polar surface area (TPSA) is 47.6 Å². The maximum absolute atomic E-state index is 12.2. The van der Waals surface area contributed by atoms with Crippen molar-refractivity contribution in [3.63, 3.8) is 0 Å². The van der Waals surface area contributed by atoms with E-state index in [1.165, 1.54) is 0 Å². The number of benzene rings is 2. The molecule has 1 aliphatic rings. The molecule has 3 rings (SSSR count). The summed E-state index contributed by atoms with van der Waals surface area (Å²) < 4.78 is 11.1. The third-order valence-electron chi connectivity index (χ3n) is 3.86. The van der Waals surface area contributed by atoms with Crippen LogP contribution in [0.25, 0.3) is 0 Å². The Hall–Kier alpha value is -1.85. The number of fused-ring (bicyclic) bond motifs is 1. The number of rotatable bonds is 6. The minimum Gasteiger partial charge on any atom is -0.486 e. The minimum atomic E-state index is -0.0838. The van der Waals surface area contributed by atoms with E-state index in [1.807, 2.05) is 49.4 Å². The number of carbonyl (C=O) groups excluding carboxylic acids is 1. The highest BCUT2D eigenvalue weighted by molar-refractivity contribution is 7.99. The maximum Gasteiger partial charge on any atom is 0.230 e. The zero-order chi connectivity index (χ0) is 17.6. The van der Waals surface area contributed by atoms with Gasteiger partial charge in [0, 0.05) is 10.8 Å². The number of amides is 1. The van der Waals surface area contributed by atoms with E-state index in [2.05, 4.69) is 5.32 Å². The number of carbonyl (C=O) groups is 1. The first-order valence-corrected chi connectivity index (χ1v) is 9.66. The van der Waals surface area contributed by atoms with E-state index in [1.54, 1.807) is 11.8 Å². The average molecular weight is 378 g/mol. The Labute approximate surface area is 156 Å². The number of ether oxygens (including phenoxy) is 2. The van der Waals surface area contributed by atoms with Crippen molar-refractivity contribution in [1.29, 1.82) is 0 Å². The van der Waals surface area contributed by atoms with E-state index in [0.29, 0.717) is 19.0 Å². The Morgan fingerprint density at radius 3 is 2.64 bits per heavy atom. The molecule has 2 aromatic carbocycles. The van der Waals surface area contributed by atoms with Crippen LogP contribution in [0, 0.1) is 0 Å². The molecule has 0 saturated carbocycles. The second-order valence-electron chi connectivity index (χ2n) is 5.81. The quantitative estimate of drug-likeness (QED) is 0.818. The van der Waals surface area contributed by atoms with Crippen LogP contribution in [0.2, 0.25) is 5.02 Å². The Morgan fingerprint density at radius 1 is 1.16 bits per heavy atom. The number of thioether (sulfide) groups is 1. The first-order chi connectivity index (χ1) is 12.1. The van der Waals surface area contributed by atoms with Crippen molar-refractivity contribution in [1.82, 2.24) is 5.32 Å². The molecule has 0 aromatic heterocycles. The largest absolute Gasteiger partial charge is 0.486 e. The lowest BCUT2D eigenvalue weighted by Crippen LogP contribution is -2.28. The standard InChI is InChI=1S/C19H20ClNO3S/c1-13(15-4-7-17-18(10-15)24-9-8-23-17)21-19(22)12-25-11-14-2-5-16(20)6-3-14/h2-7,10,13H,8-9,11-12H2,1H3,(H,21,22)/t13-/m1/s1. The molecule has 1 atom stereocenters. The van der Waals surface area contributed by atoms with E-state index in [0.717, 1.165) is 33.4 Å². The highest BCUT2D eigenvalue weighted by atomic mass is 35.5. The van der Waals surface area contributed by atoms with E-state index in [-0.39, 0.29) is 11.9 Å². The molecule has 4 nitrogen and oxygen atoms in total. The van der Waals surface area contributed by atoms with Crippen LogP contribution in [-0.4, -0.2) is 24.9 Å². The summed E-state index contributed by atoms with van der Waals surface area (Å²) in [5.74, 6) is 2.70. The predicted octanol–water partition coefficient (Wildman–Crippen LogP) is 4.22. The molecule has 0 spiro atoms. The van der Waals surface area contributed by atoms with Crippen molar-refractivity contribution < 1.29 is 14.3 Å². The highest BCUT2D eigenvalue weighted by Crippen LogP contribution is 2.32. The molecule has 0 radical (unpaired) electrons. The smallest absolute Gasteiger partial charge is 0.230 e. The fraction of sp³-hybridized carbons (Fsp3) is 0.316. The van der Waals surface area contributed by atoms with Gasteiger partial charge in [0.05, 0.1) is 11.8 Å². The maximum atomic E-state index is 12.2. The summed E-state index contributed by atoms with van der Waals surface area (Å²) in [7, 11) is 0. The number of halogens is 1. The molecule has 6 heteroatoms. The lowest BCUT2D eigenvalue weighted by atomic mass is 10.1. The normalized spacial score (nSPS) is 14.0. The second-order valence-corrected chi connectivity index (χ2v) is 7.23. The molecule has 1 N–H and O–H groups in total. The first kappa shape index (κ1) is 18.0. The Morgan fingerprint density at radius 2 is 1.88 bits per heavy atom. The van der Waals surface area contributed by atoms with Gasteiger partial charge >= 0.3 is 0 Å². The zero-order valence-electron chi connectivity index (χ0n) is 14.0. The highest BCUT2D eigenvalue weighted by Gasteiger charge is 2.15. The molecule has 1 amide bonds. The van der Waals surface area contributed by atoms with Crippen molar-refractivity contribution in [2.75, 3.05) is 19.0 Å². The molecule has 1 aliphatic heterocycles. The fourth-order valence-corrected chi connectivity index (χ4v) is 3.46.